The minimum atomic E-state index is -0.838. The monoisotopic (exact) mass is 312 g/mol. The maximum atomic E-state index is 11.7. The lowest BCUT2D eigenvalue weighted by atomic mass is 10.3. The van der Waals surface area contributed by atoms with Gasteiger partial charge in [-0.2, -0.15) is 0 Å². The Labute approximate surface area is 124 Å². The summed E-state index contributed by atoms with van der Waals surface area (Å²) < 4.78 is 1.92. The lowest BCUT2D eigenvalue weighted by molar-refractivity contribution is 0.0907. The molecule has 2 heterocycles. The maximum absolute atomic E-state index is 11.7. The largest absolute Gasteiger partial charge is 0.389 e. The Balaban J connectivity index is 1.86. The Kier molecular flexibility index (Phi) is 4.94. The lowest BCUT2D eigenvalue weighted by Crippen LogP contribution is -2.36. The summed E-state index contributed by atoms with van der Waals surface area (Å²) in [6, 6.07) is 8.02. The average molecular weight is 313 g/mol. The smallest absolute Gasteiger partial charge is 0.261 e. The number of pyridine rings is 1. The molecule has 0 aliphatic carbocycles. The minimum absolute atomic E-state index is 0.0652. The molecule has 0 aliphatic heterocycles. The third-order valence-electron chi connectivity index (χ3n) is 2.60. The Morgan fingerprint density at radius 3 is 2.85 bits per heavy atom. The fourth-order valence-electron chi connectivity index (χ4n) is 1.64. The molecule has 0 saturated heterocycles. The van der Waals surface area contributed by atoms with E-state index in [1.54, 1.807) is 30.5 Å². The number of thiophene rings is 1. The number of rotatable bonds is 5. The highest BCUT2D eigenvalue weighted by molar-refractivity contribution is 7.17. The van der Waals surface area contributed by atoms with E-state index in [9.17, 15) is 14.7 Å². The molecular formula is C13H13ClN2O3S. The molecule has 7 heteroatoms. The van der Waals surface area contributed by atoms with Gasteiger partial charge in [0, 0.05) is 18.8 Å². The highest BCUT2D eigenvalue weighted by Gasteiger charge is 2.11. The third kappa shape index (κ3) is 3.93. The van der Waals surface area contributed by atoms with Crippen LogP contribution in [0.25, 0.3) is 0 Å². The molecule has 0 fully saturated rings. The van der Waals surface area contributed by atoms with Crippen molar-refractivity contribution >= 4 is 28.8 Å². The van der Waals surface area contributed by atoms with Crippen molar-refractivity contribution in [3.05, 3.63) is 56.1 Å². The van der Waals surface area contributed by atoms with Gasteiger partial charge in [0.15, 0.2) is 0 Å². The number of carbonyl (C=O) groups excluding carboxylic acids is 1. The van der Waals surface area contributed by atoms with Gasteiger partial charge in [-0.25, -0.2) is 0 Å². The molecule has 0 spiro atoms. The normalized spacial score (nSPS) is 12.1. The average Bonchev–Trinajstić information content (AvgIpc) is 2.85. The van der Waals surface area contributed by atoms with Crippen molar-refractivity contribution in [2.24, 2.45) is 0 Å². The first-order valence-electron chi connectivity index (χ1n) is 5.93. The first-order valence-corrected chi connectivity index (χ1v) is 7.13. The number of halogens is 1. The second kappa shape index (κ2) is 6.69. The summed E-state index contributed by atoms with van der Waals surface area (Å²) in [5.41, 5.74) is -0.192. The first kappa shape index (κ1) is 14.8. The number of hydrogen-bond donors (Lipinski definition) is 2. The number of carbonyl (C=O) groups is 1. The van der Waals surface area contributed by atoms with Crippen molar-refractivity contribution in [1.29, 1.82) is 0 Å². The molecule has 0 unspecified atom stereocenters. The van der Waals surface area contributed by atoms with E-state index in [-0.39, 0.29) is 24.6 Å². The zero-order valence-corrected chi connectivity index (χ0v) is 12.0. The number of hydrogen-bond acceptors (Lipinski definition) is 4. The number of nitrogens with zero attached hydrogens (tertiary/aromatic N) is 1. The zero-order chi connectivity index (χ0) is 14.5. The lowest BCUT2D eigenvalue weighted by Gasteiger charge is -2.13. The van der Waals surface area contributed by atoms with Crippen LogP contribution in [0.15, 0.2) is 41.3 Å². The van der Waals surface area contributed by atoms with Gasteiger partial charge in [-0.3, -0.25) is 9.59 Å². The van der Waals surface area contributed by atoms with Crippen molar-refractivity contribution in [3.63, 3.8) is 0 Å². The molecule has 5 nitrogen and oxygen atoms in total. The van der Waals surface area contributed by atoms with Crippen LogP contribution >= 0.6 is 22.9 Å². The molecule has 0 radical (unpaired) electrons. The van der Waals surface area contributed by atoms with Crippen molar-refractivity contribution in [2.45, 2.75) is 12.6 Å². The highest BCUT2D eigenvalue weighted by Crippen LogP contribution is 2.20. The van der Waals surface area contributed by atoms with E-state index in [1.807, 2.05) is 0 Å². The third-order valence-corrected chi connectivity index (χ3v) is 3.83. The number of nitrogens with one attached hydrogen (secondary N) is 1. The summed E-state index contributed by atoms with van der Waals surface area (Å²) in [6.45, 7) is 0.195. The molecular weight excluding hydrogens is 300 g/mol. The number of amides is 1. The van der Waals surface area contributed by atoms with E-state index >= 15 is 0 Å². The summed E-state index contributed by atoms with van der Waals surface area (Å²) in [6.07, 6.45) is 0.751. The Morgan fingerprint density at radius 1 is 1.40 bits per heavy atom. The van der Waals surface area contributed by atoms with Crippen LogP contribution in [0.5, 0.6) is 0 Å². The van der Waals surface area contributed by atoms with E-state index in [1.165, 1.54) is 22.0 Å². The molecule has 0 saturated carbocycles. The van der Waals surface area contributed by atoms with Crippen molar-refractivity contribution in [2.75, 3.05) is 6.54 Å². The molecule has 2 rings (SSSR count). The Bertz CT molecular complexity index is 653. The summed E-state index contributed by atoms with van der Waals surface area (Å²) in [7, 11) is 0. The van der Waals surface area contributed by atoms with Gasteiger partial charge in [0.05, 0.1) is 21.9 Å². The van der Waals surface area contributed by atoms with Crippen LogP contribution in [0, 0.1) is 0 Å². The molecule has 1 atom stereocenters. The van der Waals surface area contributed by atoms with Crippen LogP contribution < -0.4 is 10.9 Å². The second-order valence-electron chi connectivity index (χ2n) is 4.16. The van der Waals surface area contributed by atoms with Gasteiger partial charge in [-0.15, -0.1) is 11.3 Å². The molecule has 0 aromatic carbocycles. The topological polar surface area (TPSA) is 71.3 Å². The fourth-order valence-corrected chi connectivity index (χ4v) is 2.60. The van der Waals surface area contributed by atoms with Crippen LogP contribution in [0.2, 0.25) is 4.34 Å². The Morgan fingerprint density at radius 2 is 2.20 bits per heavy atom. The van der Waals surface area contributed by atoms with Crippen LogP contribution in [0.1, 0.15) is 9.67 Å². The summed E-state index contributed by atoms with van der Waals surface area (Å²) >= 11 is 6.91. The van der Waals surface area contributed by atoms with Gasteiger partial charge in [0.2, 0.25) is 0 Å². The summed E-state index contributed by atoms with van der Waals surface area (Å²) in [5, 5.41) is 12.4. The number of aromatic nitrogens is 1. The van der Waals surface area contributed by atoms with E-state index in [0.29, 0.717) is 9.21 Å². The molecule has 20 heavy (non-hydrogen) atoms. The van der Waals surface area contributed by atoms with E-state index in [4.69, 9.17) is 11.6 Å². The quantitative estimate of drug-likeness (QED) is 0.875. The highest BCUT2D eigenvalue weighted by atomic mass is 35.5. The molecule has 0 bridgehead atoms. The van der Waals surface area contributed by atoms with Crippen LogP contribution in [0.4, 0.5) is 0 Å². The predicted octanol–water partition coefficient (Wildman–Crippen LogP) is 1.35. The molecule has 2 aromatic rings. The molecule has 2 aromatic heterocycles. The van der Waals surface area contributed by atoms with Crippen LogP contribution in [-0.2, 0) is 6.54 Å². The van der Waals surface area contributed by atoms with Crippen LogP contribution in [-0.4, -0.2) is 28.2 Å². The molecule has 106 valence electrons. The van der Waals surface area contributed by atoms with Crippen molar-refractivity contribution < 1.29 is 9.90 Å². The first-order chi connectivity index (χ1) is 9.56. The van der Waals surface area contributed by atoms with Gasteiger partial charge in [-0.05, 0) is 18.2 Å². The van der Waals surface area contributed by atoms with Gasteiger partial charge in [0.25, 0.3) is 11.5 Å². The molecule has 2 N–H and O–H groups in total. The van der Waals surface area contributed by atoms with Crippen molar-refractivity contribution in [1.82, 2.24) is 9.88 Å². The fraction of sp³-hybridized carbons (Fsp3) is 0.231. The van der Waals surface area contributed by atoms with Gasteiger partial charge >= 0.3 is 0 Å². The number of aliphatic hydroxyl groups excluding tert-OH is 1. The SMILES string of the molecule is O=C(NC[C@@H](O)Cn1ccccc1=O)c1ccc(Cl)s1. The van der Waals surface area contributed by atoms with E-state index in [2.05, 4.69) is 5.32 Å². The second-order valence-corrected chi connectivity index (χ2v) is 5.87. The summed E-state index contributed by atoms with van der Waals surface area (Å²) in [5.74, 6) is -0.290. The van der Waals surface area contributed by atoms with E-state index < -0.39 is 6.10 Å². The molecule has 1 amide bonds. The maximum Gasteiger partial charge on any atom is 0.261 e. The predicted molar refractivity (Wildman–Crippen MR) is 78.4 cm³/mol. The standard InChI is InChI=1S/C13H13ClN2O3S/c14-11-5-4-10(20-11)13(19)15-7-9(17)8-16-6-2-1-3-12(16)18/h1-6,9,17H,7-8H2,(H,15,19)/t9-/m1/s1. The van der Waals surface area contributed by atoms with Gasteiger partial charge < -0.3 is 15.0 Å². The Hall–Kier alpha value is -1.63. The van der Waals surface area contributed by atoms with Gasteiger partial charge in [-0.1, -0.05) is 17.7 Å². The zero-order valence-electron chi connectivity index (χ0n) is 10.5. The van der Waals surface area contributed by atoms with Gasteiger partial charge in [0.1, 0.15) is 0 Å². The van der Waals surface area contributed by atoms with Crippen molar-refractivity contribution in [3.8, 4) is 0 Å². The summed E-state index contributed by atoms with van der Waals surface area (Å²) in [4.78, 5) is 23.7. The molecule has 0 aliphatic rings. The van der Waals surface area contributed by atoms with E-state index in [0.717, 1.165) is 0 Å². The number of aliphatic hydroxyl groups is 1. The van der Waals surface area contributed by atoms with Crippen LogP contribution in [0.3, 0.4) is 0 Å². The minimum Gasteiger partial charge on any atom is -0.389 e.